The van der Waals surface area contributed by atoms with Crippen molar-refractivity contribution in [3.05, 3.63) is 87.5 Å². The summed E-state index contributed by atoms with van der Waals surface area (Å²) in [5, 5.41) is 15.2. The Morgan fingerprint density at radius 3 is 2.32 bits per heavy atom. The number of carbonyl (C=O) groups is 3. The van der Waals surface area contributed by atoms with Gasteiger partial charge in [0, 0.05) is 29.6 Å². The van der Waals surface area contributed by atoms with Crippen LogP contribution in [-0.2, 0) is 33.6 Å². The zero-order chi connectivity index (χ0) is 31.3. The van der Waals surface area contributed by atoms with Gasteiger partial charge in [-0.25, -0.2) is 4.90 Å². The molecule has 3 aromatic carbocycles. The smallest absolute Gasteiger partial charge is 0.325 e. The van der Waals surface area contributed by atoms with Crippen LogP contribution in [0.3, 0.4) is 0 Å². The van der Waals surface area contributed by atoms with Gasteiger partial charge >= 0.3 is 5.97 Å². The number of halogens is 1. The average molecular weight is 661 g/mol. The van der Waals surface area contributed by atoms with Gasteiger partial charge in [-0.1, -0.05) is 50.2 Å². The van der Waals surface area contributed by atoms with E-state index in [-0.39, 0.29) is 6.42 Å². The summed E-state index contributed by atoms with van der Waals surface area (Å²) in [7, 11) is 3.04. The molecule has 3 heterocycles. The van der Waals surface area contributed by atoms with Crippen LogP contribution in [0.5, 0.6) is 11.5 Å². The number of carboxylic acids is 1. The molecule has 4 aromatic rings. The number of para-hydroxylation sites is 2. The molecule has 10 heteroatoms. The zero-order valence-corrected chi connectivity index (χ0v) is 26.5. The van der Waals surface area contributed by atoms with Crippen molar-refractivity contribution in [3.63, 3.8) is 0 Å². The lowest BCUT2D eigenvalue weighted by Gasteiger charge is -2.32. The first-order valence-electron chi connectivity index (χ1n) is 14.7. The molecular formula is C34H34BrN3O6. The van der Waals surface area contributed by atoms with Crippen LogP contribution in [0, 0.1) is 11.8 Å². The Morgan fingerprint density at radius 2 is 1.68 bits per heavy atom. The van der Waals surface area contributed by atoms with Crippen molar-refractivity contribution >= 4 is 50.3 Å². The standard InChI is InChI=1S/C34H34BrN3O6/c1-5-18-10-9-11-19(6-2)29(18)38-31(39)26-27(32(38)40)34(33(41)42,16-21-17-36-24-13-8-7-12-22(21)24)37-28(26)20-14-23(35)30(44-4)25(15-20)43-3/h7-15,17,26-28,36-37H,5-6,16H2,1-4H3,(H,41,42). The van der Waals surface area contributed by atoms with Crippen molar-refractivity contribution in [3.8, 4) is 11.5 Å². The van der Waals surface area contributed by atoms with E-state index >= 15 is 0 Å². The number of anilines is 1. The lowest BCUT2D eigenvalue weighted by atomic mass is 9.76. The minimum Gasteiger partial charge on any atom is -0.493 e. The molecule has 1 aromatic heterocycles. The van der Waals surface area contributed by atoms with Crippen LogP contribution >= 0.6 is 15.9 Å². The fourth-order valence-corrected chi connectivity index (χ4v) is 7.76. The summed E-state index contributed by atoms with van der Waals surface area (Å²) in [4.78, 5) is 47.3. The van der Waals surface area contributed by atoms with E-state index in [1.165, 1.54) is 19.1 Å². The van der Waals surface area contributed by atoms with Gasteiger partial charge in [0.15, 0.2) is 11.5 Å². The van der Waals surface area contributed by atoms with Gasteiger partial charge in [0.2, 0.25) is 11.8 Å². The van der Waals surface area contributed by atoms with E-state index < -0.39 is 41.2 Å². The van der Waals surface area contributed by atoms with Crippen LogP contribution in [0.25, 0.3) is 10.9 Å². The molecule has 4 atom stereocenters. The quantitative estimate of drug-likeness (QED) is 0.200. The maximum absolute atomic E-state index is 14.7. The summed E-state index contributed by atoms with van der Waals surface area (Å²) < 4.78 is 11.7. The number of imide groups is 1. The molecule has 2 amide bonds. The van der Waals surface area contributed by atoms with Crippen LogP contribution in [-0.4, -0.2) is 47.6 Å². The second kappa shape index (κ2) is 11.4. The van der Waals surface area contributed by atoms with Crippen molar-refractivity contribution in [2.45, 2.75) is 44.7 Å². The third kappa shape index (κ3) is 4.42. The maximum Gasteiger partial charge on any atom is 0.325 e. The number of ether oxygens (including phenoxy) is 2. The first-order valence-corrected chi connectivity index (χ1v) is 15.5. The van der Waals surface area contributed by atoms with Crippen LogP contribution in [0.15, 0.2) is 65.3 Å². The molecule has 0 radical (unpaired) electrons. The van der Waals surface area contributed by atoms with E-state index in [0.29, 0.717) is 40.1 Å². The van der Waals surface area contributed by atoms with Crippen molar-refractivity contribution in [2.24, 2.45) is 11.8 Å². The average Bonchev–Trinajstić information content (AvgIpc) is 3.68. The molecule has 6 rings (SSSR count). The maximum atomic E-state index is 14.7. The number of methoxy groups -OCH3 is 2. The number of hydrogen-bond donors (Lipinski definition) is 3. The van der Waals surface area contributed by atoms with Gasteiger partial charge in [-0.2, -0.15) is 0 Å². The van der Waals surface area contributed by atoms with E-state index in [2.05, 4.69) is 26.2 Å². The summed E-state index contributed by atoms with van der Waals surface area (Å²) in [5.74, 6) is -3.39. The minimum absolute atomic E-state index is 0.0125. The van der Waals surface area contributed by atoms with Gasteiger partial charge in [-0.3, -0.25) is 19.7 Å². The Kier molecular flexibility index (Phi) is 7.75. The third-order valence-corrected chi connectivity index (χ3v) is 9.77. The number of carbonyl (C=O) groups excluding carboxylic acids is 2. The molecule has 44 heavy (non-hydrogen) atoms. The van der Waals surface area contributed by atoms with Crippen molar-refractivity contribution in [1.29, 1.82) is 0 Å². The monoisotopic (exact) mass is 659 g/mol. The number of rotatable bonds is 9. The van der Waals surface area contributed by atoms with Gasteiger partial charge in [-0.15, -0.1) is 0 Å². The molecule has 0 bridgehead atoms. The fourth-order valence-electron chi connectivity index (χ4n) is 7.14. The predicted molar refractivity (Wildman–Crippen MR) is 170 cm³/mol. The first kappa shape index (κ1) is 29.9. The van der Waals surface area contributed by atoms with Crippen molar-refractivity contribution < 1.29 is 29.0 Å². The number of benzene rings is 3. The summed E-state index contributed by atoms with van der Waals surface area (Å²) in [6.45, 7) is 3.96. The minimum atomic E-state index is -1.78. The zero-order valence-electron chi connectivity index (χ0n) is 24.9. The topological polar surface area (TPSA) is 121 Å². The number of carboxylic acid groups (broad SMARTS) is 1. The van der Waals surface area contributed by atoms with E-state index in [1.54, 1.807) is 18.3 Å². The van der Waals surface area contributed by atoms with Crippen LogP contribution < -0.4 is 19.7 Å². The van der Waals surface area contributed by atoms with Gasteiger partial charge in [0.05, 0.1) is 36.2 Å². The van der Waals surface area contributed by atoms with E-state index in [9.17, 15) is 19.5 Å². The molecular weight excluding hydrogens is 626 g/mol. The van der Waals surface area contributed by atoms with E-state index in [1.807, 2.05) is 56.3 Å². The molecule has 2 aliphatic heterocycles. The fraction of sp³-hybridized carbons (Fsp3) is 0.324. The van der Waals surface area contributed by atoms with Gasteiger partial charge in [-0.05, 0) is 69.2 Å². The highest BCUT2D eigenvalue weighted by molar-refractivity contribution is 9.10. The molecule has 0 spiro atoms. The number of aromatic amines is 1. The Balaban J connectivity index is 1.57. The normalized spacial score (nSPS) is 22.9. The number of nitrogens with one attached hydrogen (secondary N) is 2. The van der Waals surface area contributed by atoms with Crippen LogP contribution in [0.2, 0.25) is 0 Å². The number of aliphatic carboxylic acids is 1. The van der Waals surface area contributed by atoms with Crippen LogP contribution in [0.4, 0.5) is 5.69 Å². The number of hydrogen-bond acceptors (Lipinski definition) is 6. The second-order valence-corrected chi connectivity index (χ2v) is 12.2. The summed E-state index contributed by atoms with van der Waals surface area (Å²) >= 11 is 3.55. The summed E-state index contributed by atoms with van der Waals surface area (Å²) in [5.41, 5.74) is 2.72. The Hall–Kier alpha value is -4.15. The molecule has 9 nitrogen and oxygen atoms in total. The van der Waals surface area contributed by atoms with Crippen molar-refractivity contribution in [2.75, 3.05) is 19.1 Å². The number of aryl methyl sites for hydroxylation is 2. The molecule has 2 saturated heterocycles. The molecule has 3 N–H and O–H groups in total. The third-order valence-electron chi connectivity index (χ3n) is 9.18. The Bertz CT molecular complexity index is 1780. The Labute approximate surface area is 263 Å². The predicted octanol–water partition coefficient (Wildman–Crippen LogP) is 5.59. The highest BCUT2D eigenvalue weighted by Gasteiger charge is 2.69. The molecule has 0 aliphatic carbocycles. The van der Waals surface area contributed by atoms with E-state index in [4.69, 9.17) is 9.47 Å². The number of fused-ring (bicyclic) bond motifs is 2. The van der Waals surface area contributed by atoms with Gasteiger partial charge in [0.1, 0.15) is 5.54 Å². The summed E-state index contributed by atoms with van der Waals surface area (Å²) in [6.07, 6.45) is 2.99. The Morgan fingerprint density at radius 1 is 0.977 bits per heavy atom. The summed E-state index contributed by atoms with van der Waals surface area (Å²) in [6, 6.07) is 16.1. The second-order valence-electron chi connectivity index (χ2n) is 11.3. The SMILES string of the molecule is CCc1cccc(CC)c1N1C(=O)C2C(c3cc(Br)c(OC)c(OC)c3)NC(Cc3c[nH]c4ccccc34)(C(=O)O)C2C1=O. The van der Waals surface area contributed by atoms with E-state index in [0.717, 1.165) is 27.6 Å². The largest absolute Gasteiger partial charge is 0.493 e. The highest BCUT2D eigenvalue weighted by Crippen LogP contribution is 2.53. The first-order chi connectivity index (χ1) is 21.2. The number of amides is 2. The molecule has 2 fully saturated rings. The lowest BCUT2D eigenvalue weighted by molar-refractivity contribution is -0.148. The number of nitrogens with zero attached hydrogens (tertiary/aromatic N) is 1. The number of aromatic nitrogens is 1. The van der Waals surface area contributed by atoms with Gasteiger partial charge in [0.25, 0.3) is 0 Å². The lowest BCUT2D eigenvalue weighted by Crippen LogP contribution is -2.57. The molecule has 4 unspecified atom stereocenters. The molecule has 2 aliphatic rings. The highest BCUT2D eigenvalue weighted by atomic mass is 79.9. The van der Waals surface area contributed by atoms with Crippen LogP contribution in [0.1, 0.15) is 42.1 Å². The van der Waals surface area contributed by atoms with Gasteiger partial charge < -0.3 is 19.6 Å². The van der Waals surface area contributed by atoms with Crippen molar-refractivity contribution in [1.82, 2.24) is 10.3 Å². The molecule has 228 valence electrons. The molecule has 0 saturated carbocycles. The number of H-pyrrole nitrogens is 1.